The molecule has 1 amide bonds. The van der Waals surface area contributed by atoms with Gasteiger partial charge in [-0.3, -0.25) is 9.59 Å². The molecule has 1 aromatic rings. The van der Waals surface area contributed by atoms with Crippen LogP contribution in [-0.4, -0.2) is 29.6 Å². The largest absolute Gasteiger partial charge is 0.484 e. The Kier molecular flexibility index (Phi) is 6.56. The van der Waals surface area contributed by atoms with E-state index in [0.717, 1.165) is 5.56 Å². The molecule has 0 saturated carbocycles. The van der Waals surface area contributed by atoms with Gasteiger partial charge >= 0.3 is 5.97 Å². The third-order valence-electron chi connectivity index (χ3n) is 2.79. The Labute approximate surface area is 118 Å². The van der Waals surface area contributed by atoms with Crippen molar-refractivity contribution in [3.8, 4) is 5.75 Å². The molecule has 110 valence electrons. The fraction of sp³-hybridized carbons (Fsp3) is 0.467. The molecule has 0 saturated heterocycles. The Morgan fingerprint density at radius 3 is 2.80 bits per heavy atom. The van der Waals surface area contributed by atoms with Gasteiger partial charge in [0.25, 0.3) is 5.91 Å². The first-order valence-electron chi connectivity index (χ1n) is 6.68. The molecule has 1 atom stereocenters. The number of ether oxygens (including phenoxy) is 1. The van der Waals surface area contributed by atoms with E-state index in [1.54, 1.807) is 6.07 Å². The first kappa shape index (κ1) is 16.0. The first-order chi connectivity index (χ1) is 9.47. The Hall–Kier alpha value is -2.04. The van der Waals surface area contributed by atoms with Crippen LogP contribution in [0, 0.1) is 6.92 Å². The van der Waals surface area contributed by atoms with Crippen LogP contribution in [0.3, 0.4) is 0 Å². The number of aliphatic carboxylic acids is 1. The Morgan fingerprint density at radius 1 is 1.40 bits per heavy atom. The number of aryl methyl sites for hydroxylation is 1. The Balaban J connectivity index is 2.24. The summed E-state index contributed by atoms with van der Waals surface area (Å²) in [5.41, 5.74) is 1.07. The standard InChI is InChI=1S/C15H21NO4/c1-11-5-3-7-13(9-11)20-10-14(17)16-12(2)6-4-8-15(18)19/h3,5,7,9,12H,4,6,8,10H2,1-2H3,(H,16,17)(H,18,19). The topological polar surface area (TPSA) is 75.6 Å². The molecule has 0 heterocycles. The molecular formula is C15H21NO4. The molecule has 20 heavy (non-hydrogen) atoms. The number of nitrogens with one attached hydrogen (secondary N) is 1. The quantitative estimate of drug-likeness (QED) is 0.764. The highest BCUT2D eigenvalue weighted by Gasteiger charge is 2.09. The number of carbonyl (C=O) groups is 2. The maximum absolute atomic E-state index is 11.7. The molecule has 5 heteroatoms. The van der Waals surface area contributed by atoms with E-state index in [4.69, 9.17) is 9.84 Å². The van der Waals surface area contributed by atoms with E-state index in [2.05, 4.69) is 5.32 Å². The van der Waals surface area contributed by atoms with E-state index in [0.29, 0.717) is 18.6 Å². The Bertz CT molecular complexity index is 459. The van der Waals surface area contributed by atoms with E-state index < -0.39 is 5.97 Å². The van der Waals surface area contributed by atoms with Gasteiger partial charge in [-0.1, -0.05) is 12.1 Å². The first-order valence-corrected chi connectivity index (χ1v) is 6.68. The number of carboxylic acids is 1. The van der Waals surface area contributed by atoms with Crippen molar-refractivity contribution in [2.24, 2.45) is 0 Å². The average molecular weight is 279 g/mol. The number of benzene rings is 1. The van der Waals surface area contributed by atoms with Gasteiger partial charge in [-0.05, 0) is 44.4 Å². The summed E-state index contributed by atoms with van der Waals surface area (Å²) in [5, 5.41) is 11.3. The molecule has 0 aromatic heterocycles. The zero-order valence-electron chi connectivity index (χ0n) is 11.9. The highest BCUT2D eigenvalue weighted by molar-refractivity contribution is 5.77. The number of carboxylic acid groups (broad SMARTS) is 1. The van der Waals surface area contributed by atoms with Gasteiger partial charge in [0.05, 0.1) is 0 Å². The molecule has 0 bridgehead atoms. The second-order valence-corrected chi connectivity index (χ2v) is 4.86. The summed E-state index contributed by atoms with van der Waals surface area (Å²) in [7, 11) is 0. The van der Waals surface area contributed by atoms with Gasteiger partial charge < -0.3 is 15.2 Å². The summed E-state index contributed by atoms with van der Waals surface area (Å²) in [6.07, 6.45) is 1.32. The zero-order chi connectivity index (χ0) is 15.0. The van der Waals surface area contributed by atoms with Crippen molar-refractivity contribution in [3.05, 3.63) is 29.8 Å². The Morgan fingerprint density at radius 2 is 2.15 bits per heavy atom. The lowest BCUT2D eigenvalue weighted by atomic mass is 10.1. The van der Waals surface area contributed by atoms with Crippen molar-refractivity contribution in [2.45, 2.75) is 39.2 Å². The fourth-order valence-electron chi connectivity index (χ4n) is 1.80. The second kappa shape index (κ2) is 8.19. The maximum atomic E-state index is 11.7. The van der Waals surface area contributed by atoms with Crippen LogP contribution in [0.15, 0.2) is 24.3 Å². The van der Waals surface area contributed by atoms with Gasteiger partial charge in [0.15, 0.2) is 6.61 Å². The molecule has 0 radical (unpaired) electrons. The predicted octanol–water partition coefficient (Wildman–Crippen LogP) is 2.13. The molecule has 0 fully saturated rings. The van der Waals surface area contributed by atoms with Crippen molar-refractivity contribution in [3.63, 3.8) is 0 Å². The maximum Gasteiger partial charge on any atom is 0.303 e. The van der Waals surface area contributed by atoms with Crippen molar-refractivity contribution in [1.29, 1.82) is 0 Å². The molecule has 2 N–H and O–H groups in total. The molecule has 0 aliphatic carbocycles. The molecule has 1 rings (SSSR count). The van der Waals surface area contributed by atoms with Gasteiger partial charge in [-0.15, -0.1) is 0 Å². The van der Waals surface area contributed by atoms with Crippen LogP contribution >= 0.6 is 0 Å². The van der Waals surface area contributed by atoms with Crippen molar-refractivity contribution in [2.75, 3.05) is 6.61 Å². The lowest BCUT2D eigenvalue weighted by molar-refractivity contribution is -0.137. The molecular weight excluding hydrogens is 258 g/mol. The SMILES string of the molecule is Cc1cccc(OCC(=O)NC(C)CCCC(=O)O)c1. The number of rotatable bonds is 8. The summed E-state index contributed by atoms with van der Waals surface area (Å²) in [4.78, 5) is 22.0. The smallest absolute Gasteiger partial charge is 0.303 e. The average Bonchev–Trinajstić information content (AvgIpc) is 2.36. The molecule has 0 spiro atoms. The van der Waals surface area contributed by atoms with Crippen LogP contribution in [0.2, 0.25) is 0 Å². The fourth-order valence-corrected chi connectivity index (χ4v) is 1.80. The summed E-state index contributed by atoms with van der Waals surface area (Å²) < 4.78 is 5.39. The van der Waals surface area contributed by atoms with Crippen LogP contribution in [0.1, 0.15) is 31.7 Å². The third kappa shape index (κ3) is 6.78. The number of carbonyl (C=O) groups excluding carboxylic acids is 1. The minimum Gasteiger partial charge on any atom is -0.484 e. The van der Waals surface area contributed by atoms with Gasteiger partial charge in [0.1, 0.15) is 5.75 Å². The highest BCUT2D eigenvalue weighted by atomic mass is 16.5. The number of hydrogen-bond acceptors (Lipinski definition) is 3. The van der Waals surface area contributed by atoms with Crippen LogP contribution < -0.4 is 10.1 Å². The predicted molar refractivity (Wildman–Crippen MR) is 75.8 cm³/mol. The normalized spacial score (nSPS) is 11.7. The summed E-state index contributed by atoms with van der Waals surface area (Å²) in [6.45, 7) is 3.77. The number of hydrogen-bond donors (Lipinski definition) is 2. The van der Waals surface area contributed by atoms with Gasteiger partial charge in [0, 0.05) is 12.5 Å². The van der Waals surface area contributed by atoms with Crippen molar-refractivity contribution in [1.82, 2.24) is 5.32 Å². The van der Waals surface area contributed by atoms with Gasteiger partial charge in [-0.2, -0.15) is 0 Å². The van der Waals surface area contributed by atoms with Crippen LogP contribution in [0.25, 0.3) is 0 Å². The minimum absolute atomic E-state index is 0.0350. The number of amides is 1. The van der Waals surface area contributed by atoms with Crippen molar-refractivity contribution >= 4 is 11.9 Å². The summed E-state index contributed by atoms with van der Waals surface area (Å²) in [6, 6.07) is 7.44. The molecule has 0 aliphatic rings. The minimum atomic E-state index is -0.814. The highest BCUT2D eigenvalue weighted by Crippen LogP contribution is 2.12. The zero-order valence-corrected chi connectivity index (χ0v) is 11.9. The van der Waals surface area contributed by atoms with E-state index in [1.165, 1.54) is 0 Å². The van der Waals surface area contributed by atoms with E-state index in [-0.39, 0.29) is 25.0 Å². The van der Waals surface area contributed by atoms with E-state index in [1.807, 2.05) is 32.0 Å². The molecule has 5 nitrogen and oxygen atoms in total. The summed E-state index contributed by atoms with van der Waals surface area (Å²) >= 11 is 0. The van der Waals surface area contributed by atoms with Crippen molar-refractivity contribution < 1.29 is 19.4 Å². The summed E-state index contributed by atoms with van der Waals surface area (Å²) in [5.74, 6) is -0.348. The van der Waals surface area contributed by atoms with Crippen LogP contribution in [0.4, 0.5) is 0 Å². The molecule has 1 unspecified atom stereocenters. The molecule has 0 aliphatic heterocycles. The van der Waals surface area contributed by atoms with Gasteiger partial charge in [0.2, 0.25) is 0 Å². The van der Waals surface area contributed by atoms with E-state index in [9.17, 15) is 9.59 Å². The monoisotopic (exact) mass is 279 g/mol. The van der Waals surface area contributed by atoms with Crippen LogP contribution in [-0.2, 0) is 9.59 Å². The second-order valence-electron chi connectivity index (χ2n) is 4.86. The van der Waals surface area contributed by atoms with E-state index >= 15 is 0 Å². The third-order valence-corrected chi connectivity index (χ3v) is 2.79. The van der Waals surface area contributed by atoms with Crippen LogP contribution in [0.5, 0.6) is 5.75 Å². The lowest BCUT2D eigenvalue weighted by Crippen LogP contribution is -2.36. The van der Waals surface area contributed by atoms with Gasteiger partial charge in [-0.25, -0.2) is 0 Å². The molecule has 1 aromatic carbocycles. The lowest BCUT2D eigenvalue weighted by Gasteiger charge is -2.13.